The lowest BCUT2D eigenvalue weighted by Crippen LogP contribution is -2.51. The molecule has 1 aliphatic rings. The predicted molar refractivity (Wildman–Crippen MR) is 87.6 cm³/mol. The molecule has 0 spiro atoms. The van der Waals surface area contributed by atoms with Gasteiger partial charge in [-0.2, -0.15) is 5.10 Å². The SMILES string of the molecule is COc1cccc(CN2CCN(C(=O)c3cc(C)[nH]n3)CC2=O)c1. The van der Waals surface area contributed by atoms with Gasteiger partial charge in [0.15, 0.2) is 0 Å². The molecule has 3 rings (SSSR count). The van der Waals surface area contributed by atoms with Crippen LogP contribution in [0.25, 0.3) is 0 Å². The number of H-pyrrole nitrogens is 1. The number of ether oxygens (including phenoxy) is 1. The molecule has 126 valence electrons. The minimum Gasteiger partial charge on any atom is -0.497 e. The van der Waals surface area contributed by atoms with Crippen molar-refractivity contribution in [1.82, 2.24) is 20.0 Å². The Morgan fingerprint density at radius 1 is 1.33 bits per heavy atom. The summed E-state index contributed by atoms with van der Waals surface area (Å²) in [6.45, 7) is 3.43. The van der Waals surface area contributed by atoms with Crippen LogP contribution in [0.15, 0.2) is 30.3 Å². The fraction of sp³-hybridized carbons (Fsp3) is 0.353. The molecular formula is C17H20N4O3. The summed E-state index contributed by atoms with van der Waals surface area (Å²) in [5.41, 5.74) is 2.17. The molecule has 1 aliphatic heterocycles. The largest absolute Gasteiger partial charge is 0.497 e. The van der Waals surface area contributed by atoms with Crippen molar-refractivity contribution in [2.45, 2.75) is 13.5 Å². The maximum absolute atomic E-state index is 12.4. The van der Waals surface area contributed by atoms with Gasteiger partial charge in [-0.25, -0.2) is 0 Å². The molecule has 7 nitrogen and oxygen atoms in total. The highest BCUT2D eigenvalue weighted by molar-refractivity contribution is 5.95. The van der Waals surface area contributed by atoms with Crippen LogP contribution in [0, 0.1) is 6.92 Å². The zero-order chi connectivity index (χ0) is 17.1. The third-order valence-electron chi connectivity index (χ3n) is 4.04. The highest BCUT2D eigenvalue weighted by atomic mass is 16.5. The van der Waals surface area contributed by atoms with Gasteiger partial charge in [-0.05, 0) is 30.7 Å². The second-order valence-electron chi connectivity index (χ2n) is 5.83. The monoisotopic (exact) mass is 328 g/mol. The van der Waals surface area contributed by atoms with E-state index >= 15 is 0 Å². The van der Waals surface area contributed by atoms with E-state index in [1.165, 1.54) is 0 Å². The van der Waals surface area contributed by atoms with Crippen LogP contribution in [0.1, 0.15) is 21.7 Å². The summed E-state index contributed by atoms with van der Waals surface area (Å²) < 4.78 is 5.20. The lowest BCUT2D eigenvalue weighted by Gasteiger charge is -2.34. The molecule has 0 saturated carbocycles. The summed E-state index contributed by atoms with van der Waals surface area (Å²) in [6, 6.07) is 9.33. The number of aromatic nitrogens is 2. The Kier molecular flexibility index (Phi) is 4.50. The summed E-state index contributed by atoms with van der Waals surface area (Å²) >= 11 is 0. The molecule has 7 heteroatoms. The van der Waals surface area contributed by atoms with Crippen LogP contribution in [0.2, 0.25) is 0 Å². The van der Waals surface area contributed by atoms with Crippen LogP contribution in [-0.4, -0.2) is 58.6 Å². The Bertz CT molecular complexity index is 756. The van der Waals surface area contributed by atoms with E-state index in [4.69, 9.17) is 4.74 Å². The zero-order valence-corrected chi connectivity index (χ0v) is 13.8. The number of rotatable bonds is 4. The first kappa shape index (κ1) is 16.0. The topological polar surface area (TPSA) is 78.5 Å². The second kappa shape index (κ2) is 6.74. The summed E-state index contributed by atoms with van der Waals surface area (Å²) in [5.74, 6) is 0.487. The summed E-state index contributed by atoms with van der Waals surface area (Å²) in [7, 11) is 1.62. The Hall–Kier alpha value is -2.83. The van der Waals surface area contributed by atoms with Crippen LogP contribution >= 0.6 is 0 Å². The number of hydrogen-bond donors (Lipinski definition) is 1. The van der Waals surface area contributed by atoms with Crippen LogP contribution < -0.4 is 4.74 Å². The lowest BCUT2D eigenvalue weighted by molar-refractivity contribution is -0.135. The Balaban J connectivity index is 1.62. The quantitative estimate of drug-likeness (QED) is 0.915. The number of nitrogens with one attached hydrogen (secondary N) is 1. The predicted octanol–water partition coefficient (Wildman–Crippen LogP) is 1.21. The molecule has 2 heterocycles. The van der Waals surface area contributed by atoms with Crippen molar-refractivity contribution in [2.24, 2.45) is 0 Å². The molecule has 0 unspecified atom stereocenters. The van der Waals surface area contributed by atoms with Gasteiger partial charge in [-0.1, -0.05) is 12.1 Å². The van der Waals surface area contributed by atoms with E-state index < -0.39 is 0 Å². The maximum Gasteiger partial charge on any atom is 0.274 e. The van der Waals surface area contributed by atoms with Gasteiger partial charge in [0.05, 0.1) is 7.11 Å². The smallest absolute Gasteiger partial charge is 0.274 e. The van der Waals surface area contributed by atoms with Crippen molar-refractivity contribution in [3.63, 3.8) is 0 Å². The molecule has 1 aromatic carbocycles. The summed E-state index contributed by atoms with van der Waals surface area (Å²) in [4.78, 5) is 28.0. The van der Waals surface area contributed by atoms with Gasteiger partial charge in [0, 0.05) is 25.3 Å². The fourth-order valence-corrected chi connectivity index (χ4v) is 2.73. The van der Waals surface area contributed by atoms with Crippen LogP contribution in [0.4, 0.5) is 0 Å². The van der Waals surface area contributed by atoms with Crippen molar-refractivity contribution in [3.8, 4) is 5.75 Å². The number of piperazine rings is 1. The molecule has 0 radical (unpaired) electrons. The van der Waals surface area contributed by atoms with Crippen molar-refractivity contribution in [2.75, 3.05) is 26.7 Å². The number of nitrogens with zero attached hydrogens (tertiary/aromatic N) is 3. The molecule has 2 aromatic rings. The minimum atomic E-state index is -0.214. The molecule has 0 aliphatic carbocycles. The average molecular weight is 328 g/mol. The first-order chi connectivity index (χ1) is 11.6. The van der Waals surface area contributed by atoms with Crippen LogP contribution in [0.3, 0.4) is 0 Å². The van der Waals surface area contributed by atoms with E-state index in [-0.39, 0.29) is 18.4 Å². The number of carbonyl (C=O) groups is 2. The summed E-state index contributed by atoms with van der Waals surface area (Å²) in [5, 5.41) is 6.71. The minimum absolute atomic E-state index is 0.0651. The average Bonchev–Trinajstić information content (AvgIpc) is 3.02. The Morgan fingerprint density at radius 2 is 2.17 bits per heavy atom. The molecule has 0 bridgehead atoms. The molecule has 1 fully saturated rings. The number of aryl methyl sites for hydroxylation is 1. The molecule has 1 aromatic heterocycles. The van der Waals surface area contributed by atoms with Gasteiger partial charge in [-0.15, -0.1) is 0 Å². The van der Waals surface area contributed by atoms with E-state index in [9.17, 15) is 9.59 Å². The molecule has 2 amide bonds. The van der Waals surface area contributed by atoms with Crippen LogP contribution in [0.5, 0.6) is 5.75 Å². The van der Waals surface area contributed by atoms with Crippen LogP contribution in [-0.2, 0) is 11.3 Å². The third-order valence-corrected chi connectivity index (χ3v) is 4.04. The highest BCUT2D eigenvalue weighted by Gasteiger charge is 2.28. The molecule has 1 saturated heterocycles. The zero-order valence-electron chi connectivity index (χ0n) is 13.8. The van der Waals surface area contributed by atoms with E-state index in [1.807, 2.05) is 31.2 Å². The highest BCUT2D eigenvalue weighted by Crippen LogP contribution is 2.16. The molecular weight excluding hydrogens is 308 g/mol. The van der Waals surface area contributed by atoms with E-state index in [0.29, 0.717) is 25.3 Å². The van der Waals surface area contributed by atoms with Crippen molar-refractivity contribution in [1.29, 1.82) is 0 Å². The standard InChI is InChI=1S/C17H20N4O3/c1-12-8-15(19-18-12)17(23)21-7-6-20(16(22)11-21)10-13-4-3-5-14(9-13)24-2/h3-5,8-9H,6-7,10-11H2,1-2H3,(H,18,19). The number of amides is 2. The van der Waals surface area contributed by atoms with E-state index in [2.05, 4.69) is 10.2 Å². The number of aromatic amines is 1. The molecule has 0 atom stereocenters. The lowest BCUT2D eigenvalue weighted by atomic mass is 10.1. The number of carbonyl (C=O) groups excluding carboxylic acids is 2. The second-order valence-corrected chi connectivity index (χ2v) is 5.83. The van der Waals surface area contributed by atoms with Crippen molar-refractivity contribution < 1.29 is 14.3 Å². The van der Waals surface area contributed by atoms with Crippen molar-refractivity contribution >= 4 is 11.8 Å². The van der Waals surface area contributed by atoms with Gasteiger partial charge in [0.1, 0.15) is 18.0 Å². The van der Waals surface area contributed by atoms with E-state index in [0.717, 1.165) is 17.0 Å². The van der Waals surface area contributed by atoms with E-state index in [1.54, 1.807) is 23.0 Å². The van der Waals surface area contributed by atoms with Gasteiger partial charge >= 0.3 is 0 Å². The maximum atomic E-state index is 12.4. The van der Waals surface area contributed by atoms with Gasteiger partial charge in [0.2, 0.25) is 5.91 Å². The molecule has 24 heavy (non-hydrogen) atoms. The third kappa shape index (κ3) is 3.40. The fourth-order valence-electron chi connectivity index (χ4n) is 2.73. The van der Waals surface area contributed by atoms with Gasteiger partial charge < -0.3 is 14.5 Å². The van der Waals surface area contributed by atoms with Crippen molar-refractivity contribution in [3.05, 3.63) is 47.3 Å². The first-order valence-corrected chi connectivity index (χ1v) is 7.79. The number of benzene rings is 1. The number of hydrogen-bond acceptors (Lipinski definition) is 4. The Morgan fingerprint density at radius 3 is 2.83 bits per heavy atom. The normalized spacial score (nSPS) is 14.8. The first-order valence-electron chi connectivity index (χ1n) is 7.79. The molecule has 1 N–H and O–H groups in total. The summed E-state index contributed by atoms with van der Waals surface area (Å²) in [6.07, 6.45) is 0. The van der Waals surface area contributed by atoms with Gasteiger partial charge in [-0.3, -0.25) is 14.7 Å². The Labute approximate surface area is 140 Å². The number of methoxy groups -OCH3 is 1. The van der Waals surface area contributed by atoms with Gasteiger partial charge in [0.25, 0.3) is 5.91 Å².